The number of para-hydroxylation sites is 1. The molecule has 3 N–H and O–H groups in total. The molecule has 1 unspecified atom stereocenters. The predicted molar refractivity (Wildman–Crippen MR) is 64.9 cm³/mol. The number of rotatable bonds is 5. The summed E-state index contributed by atoms with van der Waals surface area (Å²) in [6.07, 6.45) is 0.792. The number of nitrogens with zero attached hydrogens (tertiary/aromatic N) is 1. The lowest BCUT2D eigenvalue weighted by molar-refractivity contribution is -0.383. The Hall–Kier alpha value is -1.33. The molecule has 0 heterocycles. The van der Waals surface area contributed by atoms with E-state index in [-0.39, 0.29) is 16.8 Å². The van der Waals surface area contributed by atoms with Crippen LogP contribution in [0.4, 0.5) is 11.4 Å². The second-order valence-electron chi connectivity index (χ2n) is 3.38. The summed E-state index contributed by atoms with van der Waals surface area (Å²) in [5, 5.41) is 14.0. The van der Waals surface area contributed by atoms with E-state index in [9.17, 15) is 10.1 Å². The number of nitrogens with two attached hydrogens (primary N) is 1. The second kappa shape index (κ2) is 5.67. The fraction of sp³-hybridized carbons (Fsp3) is 0.400. The summed E-state index contributed by atoms with van der Waals surface area (Å²) >= 11 is 5.78. The molecule has 0 bridgehead atoms. The second-order valence-corrected chi connectivity index (χ2v) is 3.79. The van der Waals surface area contributed by atoms with Gasteiger partial charge in [-0.3, -0.25) is 10.1 Å². The zero-order valence-electron chi connectivity index (χ0n) is 8.94. The van der Waals surface area contributed by atoms with E-state index in [4.69, 9.17) is 17.3 Å². The van der Waals surface area contributed by atoms with Crippen molar-refractivity contribution in [1.82, 2.24) is 0 Å². The van der Waals surface area contributed by atoms with Gasteiger partial charge in [-0.25, -0.2) is 0 Å². The number of halogens is 1. The summed E-state index contributed by atoms with van der Waals surface area (Å²) in [7, 11) is 0. The molecule has 0 aliphatic rings. The standard InChI is InChI=1S/C10H14ClN3O2/c1-2-7(6-12)13-9-5-3-4-8(11)10(9)14(15)16/h3-5,7,13H,2,6,12H2,1H3. The lowest BCUT2D eigenvalue weighted by Gasteiger charge is -2.16. The summed E-state index contributed by atoms with van der Waals surface area (Å²) in [5.41, 5.74) is 5.84. The van der Waals surface area contributed by atoms with E-state index in [1.165, 1.54) is 6.07 Å². The average Bonchev–Trinajstić information content (AvgIpc) is 2.25. The fourth-order valence-corrected chi connectivity index (χ4v) is 1.61. The molecule has 0 saturated heterocycles. The molecule has 5 nitrogen and oxygen atoms in total. The molecule has 0 amide bonds. The van der Waals surface area contributed by atoms with Gasteiger partial charge in [0.15, 0.2) is 0 Å². The highest BCUT2D eigenvalue weighted by molar-refractivity contribution is 6.33. The Morgan fingerprint density at radius 2 is 2.31 bits per heavy atom. The van der Waals surface area contributed by atoms with Gasteiger partial charge in [-0.1, -0.05) is 24.6 Å². The quantitative estimate of drug-likeness (QED) is 0.615. The number of nitro benzene ring substituents is 1. The lowest BCUT2D eigenvalue weighted by Crippen LogP contribution is -2.28. The maximum absolute atomic E-state index is 10.9. The third-order valence-electron chi connectivity index (χ3n) is 2.31. The first-order chi connectivity index (χ1) is 7.60. The van der Waals surface area contributed by atoms with Crippen molar-refractivity contribution in [2.75, 3.05) is 11.9 Å². The van der Waals surface area contributed by atoms with Crippen molar-refractivity contribution in [2.24, 2.45) is 5.73 Å². The number of nitrogens with one attached hydrogen (secondary N) is 1. The van der Waals surface area contributed by atoms with E-state index < -0.39 is 4.92 Å². The molecule has 1 atom stereocenters. The highest BCUT2D eigenvalue weighted by Gasteiger charge is 2.19. The van der Waals surface area contributed by atoms with Crippen LogP contribution in [0.15, 0.2) is 18.2 Å². The zero-order valence-corrected chi connectivity index (χ0v) is 9.70. The van der Waals surface area contributed by atoms with Crippen LogP contribution in [0.2, 0.25) is 5.02 Å². The van der Waals surface area contributed by atoms with Crippen molar-refractivity contribution in [2.45, 2.75) is 19.4 Å². The molecule has 88 valence electrons. The normalized spacial score (nSPS) is 12.2. The monoisotopic (exact) mass is 243 g/mol. The third-order valence-corrected chi connectivity index (χ3v) is 2.61. The summed E-state index contributed by atoms with van der Waals surface area (Å²) in [4.78, 5) is 10.4. The number of hydrogen-bond acceptors (Lipinski definition) is 4. The smallest absolute Gasteiger partial charge is 0.310 e. The van der Waals surface area contributed by atoms with Gasteiger partial charge in [0, 0.05) is 12.6 Å². The number of nitro groups is 1. The molecule has 1 aromatic rings. The van der Waals surface area contributed by atoms with Crippen molar-refractivity contribution < 1.29 is 4.92 Å². The Bertz CT molecular complexity index is 380. The van der Waals surface area contributed by atoms with E-state index in [0.717, 1.165) is 6.42 Å². The Morgan fingerprint density at radius 3 is 2.81 bits per heavy atom. The lowest BCUT2D eigenvalue weighted by atomic mass is 10.2. The van der Waals surface area contributed by atoms with Gasteiger partial charge in [0.1, 0.15) is 10.7 Å². The van der Waals surface area contributed by atoms with Crippen molar-refractivity contribution in [3.8, 4) is 0 Å². The van der Waals surface area contributed by atoms with Gasteiger partial charge in [0.25, 0.3) is 0 Å². The van der Waals surface area contributed by atoms with Crippen LogP contribution in [0.3, 0.4) is 0 Å². The molecule has 1 aromatic carbocycles. The average molecular weight is 244 g/mol. The molecule has 0 saturated carbocycles. The zero-order chi connectivity index (χ0) is 12.1. The SMILES string of the molecule is CCC(CN)Nc1cccc(Cl)c1[N+](=O)[O-]. The summed E-state index contributed by atoms with van der Waals surface area (Å²) in [5.74, 6) is 0. The van der Waals surface area contributed by atoms with Crippen LogP contribution in [-0.2, 0) is 0 Å². The molecular weight excluding hydrogens is 230 g/mol. The molecule has 6 heteroatoms. The van der Waals surface area contributed by atoms with Crippen LogP contribution in [0.5, 0.6) is 0 Å². The highest BCUT2D eigenvalue weighted by Crippen LogP contribution is 2.32. The molecule has 0 spiro atoms. The minimum absolute atomic E-state index is 0.0113. The summed E-state index contributed by atoms with van der Waals surface area (Å²) in [6, 6.07) is 4.80. The number of anilines is 1. The fourth-order valence-electron chi connectivity index (χ4n) is 1.36. The van der Waals surface area contributed by atoms with E-state index in [1.54, 1.807) is 12.1 Å². The van der Waals surface area contributed by atoms with Crippen LogP contribution in [-0.4, -0.2) is 17.5 Å². The van der Waals surface area contributed by atoms with Crippen LogP contribution >= 0.6 is 11.6 Å². The molecule has 0 radical (unpaired) electrons. The van der Waals surface area contributed by atoms with Gasteiger partial charge < -0.3 is 11.1 Å². The highest BCUT2D eigenvalue weighted by atomic mass is 35.5. The molecule has 0 aliphatic carbocycles. The van der Waals surface area contributed by atoms with Crippen molar-refractivity contribution in [1.29, 1.82) is 0 Å². The Labute approximate surface area is 98.7 Å². The molecule has 0 aliphatic heterocycles. The predicted octanol–water partition coefficient (Wildman–Crippen LogP) is 2.40. The van der Waals surface area contributed by atoms with Crippen LogP contribution in [0.25, 0.3) is 0 Å². The minimum Gasteiger partial charge on any atom is -0.375 e. The van der Waals surface area contributed by atoms with Crippen LogP contribution in [0.1, 0.15) is 13.3 Å². The molecular formula is C10H14ClN3O2. The van der Waals surface area contributed by atoms with E-state index >= 15 is 0 Å². The Balaban J connectivity index is 3.03. The third kappa shape index (κ3) is 2.84. The first-order valence-electron chi connectivity index (χ1n) is 4.99. The van der Waals surface area contributed by atoms with E-state index in [0.29, 0.717) is 12.2 Å². The van der Waals surface area contributed by atoms with Gasteiger partial charge in [0.05, 0.1) is 4.92 Å². The van der Waals surface area contributed by atoms with Gasteiger partial charge in [-0.2, -0.15) is 0 Å². The van der Waals surface area contributed by atoms with Gasteiger partial charge in [0.2, 0.25) is 0 Å². The largest absolute Gasteiger partial charge is 0.375 e. The topological polar surface area (TPSA) is 81.2 Å². The van der Waals surface area contributed by atoms with Crippen molar-refractivity contribution in [3.63, 3.8) is 0 Å². The van der Waals surface area contributed by atoms with Crippen LogP contribution < -0.4 is 11.1 Å². The van der Waals surface area contributed by atoms with E-state index in [1.807, 2.05) is 6.92 Å². The summed E-state index contributed by atoms with van der Waals surface area (Å²) in [6.45, 7) is 2.38. The molecule has 0 aromatic heterocycles. The van der Waals surface area contributed by atoms with Gasteiger partial charge in [-0.05, 0) is 18.6 Å². The van der Waals surface area contributed by atoms with Crippen molar-refractivity contribution in [3.05, 3.63) is 33.3 Å². The number of benzene rings is 1. The maximum atomic E-state index is 10.9. The van der Waals surface area contributed by atoms with Gasteiger partial charge >= 0.3 is 5.69 Å². The van der Waals surface area contributed by atoms with Crippen LogP contribution in [0, 0.1) is 10.1 Å². The van der Waals surface area contributed by atoms with Gasteiger partial charge in [-0.15, -0.1) is 0 Å². The number of hydrogen-bond donors (Lipinski definition) is 2. The minimum atomic E-state index is -0.492. The first-order valence-corrected chi connectivity index (χ1v) is 5.37. The summed E-state index contributed by atoms with van der Waals surface area (Å²) < 4.78 is 0. The van der Waals surface area contributed by atoms with Crippen molar-refractivity contribution >= 4 is 23.0 Å². The Morgan fingerprint density at radius 1 is 1.62 bits per heavy atom. The first kappa shape index (κ1) is 12.7. The molecule has 0 fully saturated rings. The van der Waals surface area contributed by atoms with E-state index in [2.05, 4.69) is 5.32 Å². The molecule has 1 rings (SSSR count). The Kier molecular flexibility index (Phi) is 4.52. The maximum Gasteiger partial charge on any atom is 0.310 e. The molecule has 16 heavy (non-hydrogen) atoms.